The van der Waals surface area contributed by atoms with Crippen LogP contribution in [0, 0.1) is 23.5 Å². The second-order valence-corrected chi connectivity index (χ2v) is 20.6. The number of benzene rings is 3. The SMILES string of the molecule is CC[C@H](C)[C@H](NC(=O)[C@@H](NC(=O)[C@H](CS)NC(=O)[C@H](CCCN=C(N)N)NC(=O)[C@@H](NC(=O)[C@H](CCCN=C(N)N)NC(=O)c1ccc(-c2c3cc(F)c(=O)cc-3oc3cc([O-])c(F)cc23)c(C(=O)O)c1)[C@@H](C)O)C(C)C)C(=O)N[C@@H](C)C(=O)O. The van der Waals surface area contributed by atoms with Crippen molar-refractivity contribution in [1.29, 1.82) is 0 Å². The summed E-state index contributed by atoms with van der Waals surface area (Å²) in [5, 5.41) is 60.1. The predicted molar refractivity (Wildman–Crippen MR) is 307 cm³/mol. The normalized spacial score (nSPS) is 14.4. The van der Waals surface area contributed by atoms with Crippen LogP contribution in [-0.2, 0) is 33.6 Å². The first-order valence-electron chi connectivity index (χ1n) is 26.6. The Morgan fingerprint density at radius 2 is 1.19 bits per heavy atom. The fourth-order valence-corrected chi connectivity index (χ4v) is 8.79. The minimum absolute atomic E-state index is 0.00616. The van der Waals surface area contributed by atoms with Gasteiger partial charge in [-0.25, -0.2) is 13.6 Å². The maximum absolute atomic E-state index is 14.8. The first-order chi connectivity index (χ1) is 39.9. The Labute approximate surface area is 490 Å². The highest BCUT2D eigenvalue weighted by molar-refractivity contribution is 7.80. The Hall–Kier alpha value is -9.13. The van der Waals surface area contributed by atoms with Gasteiger partial charge >= 0.3 is 11.9 Å². The number of nitrogens with one attached hydrogen (secondary N) is 7. The number of carboxylic acids is 2. The van der Waals surface area contributed by atoms with Crippen LogP contribution in [0.1, 0.15) is 94.4 Å². The molecule has 31 heteroatoms. The average molecular weight is 1210 g/mol. The molecule has 1 heterocycles. The molecule has 2 aromatic carbocycles. The first-order valence-corrected chi connectivity index (χ1v) is 27.2. The lowest BCUT2D eigenvalue weighted by Crippen LogP contribution is -2.62. The van der Waals surface area contributed by atoms with Crippen LogP contribution < -0.4 is 70.7 Å². The summed E-state index contributed by atoms with van der Waals surface area (Å²) < 4.78 is 35.3. The van der Waals surface area contributed by atoms with E-state index in [-0.39, 0.29) is 89.9 Å². The van der Waals surface area contributed by atoms with E-state index in [0.29, 0.717) is 6.42 Å². The monoisotopic (exact) mass is 1210 g/mol. The highest BCUT2D eigenvalue weighted by Crippen LogP contribution is 2.43. The smallest absolute Gasteiger partial charge is 0.336 e. The van der Waals surface area contributed by atoms with E-state index in [1.807, 2.05) is 0 Å². The molecule has 0 aromatic heterocycles. The highest BCUT2D eigenvalue weighted by atomic mass is 32.1. The van der Waals surface area contributed by atoms with Gasteiger partial charge in [-0.1, -0.05) is 45.9 Å². The Morgan fingerprint density at radius 1 is 0.659 bits per heavy atom. The topological polar surface area (TPSA) is 481 Å². The fourth-order valence-electron chi connectivity index (χ4n) is 8.54. The van der Waals surface area contributed by atoms with Crippen LogP contribution in [-0.4, -0.2) is 148 Å². The molecule has 9 atom stereocenters. The van der Waals surface area contributed by atoms with Gasteiger partial charge in [0.05, 0.1) is 11.7 Å². The van der Waals surface area contributed by atoms with Crippen LogP contribution in [0.15, 0.2) is 61.7 Å². The molecule has 0 unspecified atom stereocenters. The zero-order chi connectivity index (χ0) is 63.7. The lowest BCUT2D eigenvalue weighted by Gasteiger charge is -2.30. The minimum atomic E-state index is -1.88. The van der Waals surface area contributed by atoms with E-state index < -0.39 is 147 Å². The summed E-state index contributed by atoms with van der Waals surface area (Å²) in [4.78, 5) is 142. The molecule has 1 aliphatic carbocycles. The number of halogens is 2. The van der Waals surface area contributed by atoms with Gasteiger partial charge in [0.2, 0.25) is 40.9 Å². The minimum Gasteiger partial charge on any atom is -0.870 e. The van der Waals surface area contributed by atoms with Gasteiger partial charge in [0.1, 0.15) is 59.5 Å². The third kappa shape index (κ3) is 18.7. The number of aromatic carboxylic acids is 1. The number of amides is 7. The molecule has 1 aliphatic heterocycles. The second-order valence-electron chi connectivity index (χ2n) is 20.2. The van der Waals surface area contributed by atoms with Crippen molar-refractivity contribution >= 4 is 88.8 Å². The molecule has 2 aromatic rings. The summed E-state index contributed by atoms with van der Waals surface area (Å²) in [5.41, 5.74) is 18.8. The predicted octanol–water partition coefficient (Wildman–Crippen LogP) is -1.15. The number of hydrogen-bond donors (Lipinski definition) is 15. The van der Waals surface area contributed by atoms with Crippen LogP contribution in [0.5, 0.6) is 5.75 Å². The number of hydrogen-bond acceptors (Lipinski definition) is 16. The summed E-state index contributed by atoms with van der Waals surface area (Å²) in [6, 6.07) is -4.27. The molecule has 0 saturated heterocycles. The molecule has 4 rings (SSSR count). The van der Waals surface area contributed by atoms with E-state index in [4.69, 9.17) is 27.4 Å². The fraction of sp³-hybridized carbons (Fsp3) is 0.444. The molecule has 462 valence electrons. The largest absolute Gasteiger partial charge is 0.870 e. The van der Waals surface area contributed by atoms with Crippen molar-refractivity contribution in [3.8, 4) is 28.2 Å². The number of rotatable bonds is 30. The number of carboxylic acid groups (broad SMARTS) is 2. The number of thiol groups is 1. The van der Waals surface area contributed by atoms with E-state index >= 15 is 0 Å². The number of guanidine groups is 2. The average Bonchev–Trinajstić information content (AvgIpc) is 1.26. The van der Waals surface area contributed by atoms with E-state index in [2.05, 4.69) is 59.8 Å². The van der Waals surface area contributed by atoms with E-state index in [0.717, 1.165) is 49.4 Å². The number of aliphatic imine (C=N–C) groups is 2. The van der Waals surface area contributed by atoms with Crippen LogP contribution in [0.3, 0.4) is 0 Å². The number of aliphatic carboxylic acids is 1. The number of nitrogens with zero attached hydrogens (tertiary/aromatic N) is 2. The molecule has 85 heavy (non-hydrogen) atoms. The van der Waals surface area contributed by atoms with Crippen LogP contribution >= 0.6 is 12.6 Å². The Balaban J connectivity index is 1.63. The molecule has 0 fully saturated rings. The number of aliphatic hydroxyl groups excluding tert-OH is 1. The van der Waals surface area contributed by atoms with Crippen molar-refractivity contribution in [3.63, 3.8) is 0 Å². The molecule has 18 N–H and O–H groups in total. The summed E-state index contributed by atoms with van der Waals surface area (Å²) in [7, 11) is 0. The molecule has 0 saturated carbocycles. The van der Waals surface area contributed by atoms with Crippen molar-refractivity contribution in [2.75, 3.05) is 18.8 Å². The quantitative estimate of drug-likeness (QED) is 0.00963. The van der Waals surface area contributed by atoms with Gasteiger partial charge in [-0.3, -0.25) is 53.1 Å². The van der Waals surface area contributed by atoms with E-state index in [1.54, 1.807) is 27.7 Å². The van der Waals surface area contributed by atoms with Crippen molar-refractivity contribution in [2.45, 2.75) is 122 Å². The zero-order valence-corrected chi connectivity index (χ0v) is 48.0. The van der Waals surface area contributed by atoms with Gasteiger partial charge in [0, 0.05) is 47.0 Å². The molecule has 0 spiro atoms. The molecule has 7 amide bonds. The maximum Gasteiger partial charge on any atom is 0.336 e. The summed E-state index contributed by atoms with van der Waals surface area (Å²) in [6.45, 7) is 8.79. The van der Waals surface area contributed by atoms with Crippen molar-refractivity contribution in [3.05, 3.63) is 75.4 Å². The third-order valence-corrected chi connectivity index (χ3v) is 13.8. The van der Waals surface area contributed by atoms with Crippen molar-refractivity contribution in [1.82, 2.24) is 37.2 Å². The van der Waals surface area contributed by atoms with Crippen LogP contribution in [0.25, 0.3) is 33.4 Å². The number of fused-ring (bicyclic) bond motifs is 2. The number of carbonyl (C=O) groups excluding carboxylic acids is 7. The first kappa shape index (κ1) is 68.4. The lowest BCUT2D eigenvalue weighted by atomic mass is 9.89. The molecular formula is C54H70F2N13O15S-. The highest BCUT2D eigenvalue weighted by Gasteiger charge is 2.37. The summed E-state index contributed by atoms with van der Waals surface area (Å²) in [5.74, 6) is -15.9. The van der Waals surface area contributed by atoms with Crippen LogP contribution in [0.2, 0.25) is 0 Å². The number of aliphatic hydroxyl groups is 1. The number of nitrogens with two attached hydrogens (primary N) is 4. The van der Waals surface area contributed by atoms with Crippen molar-refractivity contribution < 1.29 is 76.8 Å². The summed E-state index contributed by atoms with van der Waals surface area (Å²) >= 11 is 4.23. The Bertz CT molecular complexity index is 3240. The lowest BCUT2D eigenvalue weighted by molar-refractivity contribution is -0.272. The second kappa shape index (κ2) is 31.0. The van der Waals surface area contributed by atoms with Gasteiger partial charge < -0.3 is 85.0 Å². The molecule has 28 nitrogen and oxygen atoms in total. The van der Waals surface area contributed by atoms with Gasteiger partial charge in [0.25, 0.3) is 5.91 Å². The molecule has 2 aliphatic rings. The standard InChI is InChI=1S/C54H71F2N13O15S/c1-7-23(4)42(49(78)63-24(5)51(80)81)68-48(77)41(22(2)3)67-47(76)35(21-85)66-45(74)33(10-8-14-61-53(57)58)65-50(79)43(25(6)70)69-46(75)34(11-9-15-62-54(59)60)64-44(73)26-12-13-27(28(16-26)52(82)83)40-29-17-31(55)36(71)19-38(29)84-39-20-37(72)32(56)18-30(39)40/h12-13,16-20,22-25,33-35,41-43,70-71,85H,7-11,14-15,21H2,1-6H3,(H,63,78)(H,64,73)(H,65,79)(H,66,74)(H,67,76)(H,68,77)(H,69,75)(H,80,81)(H,82,83)(H4,57,58,61)(H4,59,60,62)/p-1/t23-,24-,25+,33-,34-,35-,41-,42-,43-/m0/s1. The van der Waals surface area contributed by atoms with Gasteiger partial charge in [0.15, 0.2) is 17.7 Å². The Morgan fingerprint density at radius 3 is 1.73 bits per heavy atom. The summed E-state index contributed by atoms with van der Waals surface area (Å²) in [6.07, 6.45) is -1.81. The maximum atomic E-state index is 14.8. The number of carbonyl (C=O) groups is 9. The Kier molecular flexibility index (Phi) is 24.9. The van der Waals surface area contributed by atoms with E-state index in [1.165, 1.54) is 6.92 Å². The molecule has 0 radical (unpaired) electrons. The van der Waals surface area contributed by atoms with Gasteiger partial charge in [-0.15, -0.1) is 0 Å². The molecular weight excluding hydrogens is 1140 g/mol. The molecule has 0 bridgehead atoms. The third-order valence-electron chi connectivity index (χ3n) is 13.4. The van der Waals surface area contributed by atoms with Gasteiger partial charge in [-0.05, 0) is 87.3 Å². The van der Waals surface area contributed by atoms with E-state index in [9.17, 15) is 77.2 Å². The van der Waals surface area contributed by atoms with Crippen molar-refractivity contribution in [2.24, 2.45) is 44.8 Å². The zero-order valence-electron chi connectivity index (χ0n) is 47.1. The van der Waals surface area contributed by atoms with Gasteiger partial charge in [-0.2, -0.15) is 12.6 Å². The van der Waals surface area contributed by atoms with Crippen LogP contribution in [0.4, 0.5) is 8.78 Å².